The third-order valence-electron chi connectivity index (χ3n) is 5.80. The first kappa shape index (κ1) is 25.4. The minimum Gasteiger partial charge on any atom is -0.488 e. The largest absolute Gasteiger partial charge is 0.488 e. The smallest absolute Gasteiger partial charge is 0.341 e. The predicted molar refractivity (Wildman–Crippen MR) is 150 cm³/mol. The molecule has 0 saturated carbocycles. The van der Waals surface area contributed by atoms with E-state index in [-0.39, 0.29) is 23.5 Å². The summed E-state index contributed by atoms with van der Waals surface area (Å²) in [5.74, 6) is -0.441. The Bertz CT molecular complexity index is 1550. The molecule has 0 aliphatic carbocycles. The highest BCUT2D eigenvalue weighted by atomic mass is 32.2. The van der Waals surface area contributed by atoms with Gasteiger partial charge in [0.05, 0.1) is 16.8 Å². The summed E-state index contributed by atoms with van der Waals surface area (Å²) in [7, 11) is 0. The molecular weight excluding hydrogens is 498 g/mol. The average molecular weight is 526 g/mol. The zero-order valence-corrected chi connectivity index (χ0v) is 22.1. The number of hydrogen-bond donors (Lipinski definition) is 2. The number of carbonyl (C=O) groups is 2. The molecule has 7 nitrogen and oxygen atoms in total. The van der Waals surface area contributed by atoms with E-state index in [0.717, 1.165) is 5.56 Å². The molecule has 0 saturated heterocycles. The summed E-state index contributed by atoms with van der Waals surface area (Å²) in [5.41, 5.74) is 3.05. The van der Waals surface area contributed by atoms with Gasteiger partial charge in [-0.05, 0) is 74.0 Å². The summed E-state index contributed by atoms with van der Waals surface area (Å²) in [6.07, 6.45) is 6.72. The summed E-state index contributed by atoms with van der Waals surface area (Å²) in [4.78, 5) is 35.3. The molecule has 0 unspecified atom stereocenters. The molecule has 0 amide bonds. The number of ether oxygens (including phenoxy) is 2. The molecule has 2 aromatic heterocycles. The fraction of sp³-hybridized carbons (Fsp3) is 0.167. The van der Waals surface area contributed by atoms with Gasteiger partial charge in [0.15, 0.2) is 5.78 Å². The van der Waals surface area contributed by atoms with Gasteiger partial charge >= 0.3 is 5.97 Å². The van der Waals surface area contributed by atoms with E-state index >= 15 is 0 Å². The number of nitrogens with zero attached hydrogens (tertiary/aromatic N) is 1. The van der Waals surface area contributed by atoms with Crippen LogP contribution in [0.15, 0.2) is 90.2 Å². The first-order valence-electron chi connectivity index (χ1n) is 12.1. The molecule has 1 aliphatic heterocycles. The van der Waals surface area contributed by atoms with Crippen LogP contribution in [0.2, 0.25) is 0 Å². The maximum Gasteiger partial charge on any atom is 0.341 e. The average Bonchev–Trinajstić information content (AvgIpc) is 3.32. The van der Waals surface area contributed by atoms with Gasteiger partial charge in [-0.3, -0.25) is 9.78 Å². The molecule has 5 rings (SSSR count). The van der Waals surface area contributed by atoms with E-state index in [9.17, 15) is 9.59 Å². The molecule has 3 heterocycles. The van der Waals surface area contributed by atoms with Crippen LogP contribution in [0.25, 0.3) is 22.2 Å². The van der Waals surface area contributed by atoms with Crippen molar-refractivity contribution >= 4 is 34.6 Å². The third-order valence-corrected chi connectivity index (χ3v) is 6.33. The third kappa shape index (κ3) is 5.35. The lowest BCUT2D eigenvalue weighted by atomic mass is 9.95. The Morgan fingerprint density at radius 3 is 2.50 bits per heavy atom. The first-order valence-corrected chi connectivity index (χ1v) is 13.0. The number of esters is 1. The van der Waals surface area contributed by atoms with E-state index in [0.29, 0.717) is 33.5 Å². The van der Waals surface area contributed by atoms with Crippen molar-refractivity contribution in [1.82, 2.24) is 14.7 Å². The Balaban J connectivity index is 1.74. The number of nitrogens with one attached hydrogen (secondary N) is 2. The Morgan fingerprint density at radius 2 is 1.82 bits per heavy atom. The molecule has 0 atom stereocenters. The van der Waals surface area contributed by atoms with Crippen molar-refractivity contribution in [3.63, 3.8) is 0 Å². The van der Waals surface area contributed by atoms with Crippen LogP contribution in [0.3, 0.4) is 0 Å². The van der Waals surface area contributed by atoms with Gasteiger partial charge in [-0.15, -0.1) is 0 Å². The van der Waals surface area contributed by atoms with Crippen molar-refractivity contribution in [2.24, 2.45) is 0 Å². The second kappa shape index (κ2) is 10.6. The van der Waals surface area contributed by atoms with Crippen LogP contribution in [-0.4, -0.2) is 27.3 Å². The van der Waals surface area contributed by atoms with Crippen LogP contribution in [0.5, 0.6) is 5.75 Å². The zero-order chi connectivity index (χ0) is 26.7. The number of fused-ring (bicyclic) bond motifs is 1. The van der Waals surface area contributed by atoms with E-state index in [1.165, 1.54) is 11.9 Å². The van der Waals surface area contributed by atoms with Crippen molar-refractivity contribution in [2.75, 3.05) is 0 Å². The number of allylic oxidation sites excluding steroid dienone is 2. The van der Waals surface area contributed by atoms with Gasteiger partial charge in [0.25, 0.3) is 0 Å². The Labute approximate surface area is 225 Å². The van der Waals surface area contributed by atoms with Crippen molar-refractivity contribution < 1.29 is 19.1 Å². The molecule has 2 aromatic carbocycles. The maximum absolute atomic E-state index is 14.0. The lowest BCUT2D eigenvalue weighted by Crippen LogP contribution is -2.24. The van der Waals surface area contributed by atoms with Crippen LogP contribution in [-0.2, 0) is 11.3 Å². The normalized spacial score (nSPS) is 13.1. The number of aromatic amines is 1. The number of rotatable bonds is 7. The van der Waals surface area contributed by atoms with E-state index in [2.05, 4.69) is 14.7 Å². The van der Waals surface area contributed by atoms with Gasteiger partial charge in [-0.1, -0.05) is 30.3 Å². The molecule has 8 heteroatoms. The van der Waals surface area contributed by atoms with Crippen molar-refractivity contribution in [2.45, 2.75) is 33.0 Å². The Kier molecular flexibility index (Phi) is 7.07. The maximum atomic E-state index is 14.0. The van der Waals surface area contributed by atoms with E-state index < -0.39 is 11.6 Å². The summed E-state index contributed by atoms with van der Waals surface area (Å²) >= 11 is 1.36. The second-order valence-corrected chi connectivity index (χ2v) is 10.5. The monoisotopic (exact) mass is 525 g/mol. The molecule has 0 bridgehead atoms. The lowest BCUT2D eigenvalue weighted by Gasteiger charge is -2.20. The number of benzene rings is 2. The minimum atomic E-state index is -0.742. The fourth-order valence-corrected chi connectivity index (χ4v) is 4.68. The van der Waals surface area contributed by atoms with Crippen LogP contribution < -0.4 is 9.46 Å². The fourth-order valence-electron chi connectivity index (χ4n) is 4.19. The number of pyridine rings is 1. The molecule has 1 aliphatic rings. The van der Waals surface area contributed by atoms with Gasteiger partial charge in [0, 0.05) is 40.6 Å². The number of ketones is 1. The van der Waals surface area contributed by atoms with Crippen LogP contribution >= 0.6 is 11.9 Å². The van der Waals surface area contributed by atoms with Gasteiger partial charge in [-0.25, -0.2) is 4.79 Å². The van der Waals surface area contributed by atoms with E-state index in [4.69, 9.17) is 9.47 Å². The predicted octanol–water partition coefficient (Wildman–Crippen LogP) is 6.60. The van der Waals surface area contributed by atoms with Gasteiger partial charge in [0.2, 0.25) is 0 Å². The lowest BCUT2D eigenvalue weighted by molar-refractivity contribution is 0.00728. The highest BCUT2D eigenvalue weighted by Gasteiger charge is 2.31. The minimum absolute atomic E-state index is 0.261. The number of hydrogen-bond acceptors (Lipinski definition) is 7. The molecule has 0 fully saturated rings. The molecule has 192 valence electrons. The first-order chi connectivity index (χ1) is 18.3. The Hall–Kier alpha value is -4.30. The van der Waals surface area contributed by atoms with Gasteiger partial charge in [-0.2, -0.15) is 0 Å². The highest BCUT2D eigenvalue weighted by Crippen LogP contribution is 2.39. The quantitative estimate of drug-likeness (QED) is 0.160. The highest BCUT2D eigenvalue weighted by molar-refractivity contribution is 8.00. The number of carbonyl (C=O) groups excluding carboxylic acids is 2. The standard InChI is InChI=1S/C30H27N3O4S/c1-30(2,3)37-29(35)26-24-22(33-27(26)20-10-7-14-31-16-20)11-12-23(36-18-19-8-5-4-6-9-19)25(24)28(34)21-13-15-38-32-17-21/h4-17,32-33H,18H2,1-3H3. The topological polar surface area (TPSA) is 93.3 Å². The zero-order valence-electron chi connectivity index (χ0n) is 21.3. The summed E-state index contributed by atoms with van der Waals surface area (Å²) in [6.45, 7) is 5.69. The van der Waals surface area contributed by atoms with E-state index in [1.807, 2.05) is 63.2 Å². The number of H-pyrrole nitrogens is 1. The molecule has 0 spiro atoms. The second-order valence-electron chi connectivity index (χ2n) is 9.72. The van der Waals surface area contributed by atoms with Crippen LogP contribution in [0, 0.1) is 0 Å². The Morgan fingerprint density at radius 1 is 1.00 bits per heavy atom. The molecule has 4 aromatic rings. The van der Waals surface area contributed by atoms with Crippen molar-refractivity contribution in [3.8, 4) is 17.0 Å². The van der Waals surface area contributed by atoms with Gasteiger partial charge in [0.1, 0.15) is 18.0 Å². The van der Waals surface area contributed by atoms with Crippen molar-refractivity contribution in [3.05, 3.63) is 107 Å². The summed E-state index contributed by atoms with van der Waals surface area (Å²) < 4.78 is 15.1. The molecule has 2 N–H and O–H groups in total. The van der Waals surface area contributed by atoms with Crippen molar-refractivity contribution in [1.29, 1.82) is 0 Å². The van der Waals surface area contributed by atoms with E-state index in [1.54, 1.807) is 42.2 Å². The number of aromatic nitrogens is 2. The summed E-state index contributed by atoms with van der Waals surface area (Å²) in [5, 5.41) is 2.24. The SMILES string of the molecule is CC(C)(C)OC(=O)c1c(-c2cccnc2)[nH]c2ccc(OCc3ccccc3)c(C(=O)C3=CNSC=C3)c12. The van der Waals surface area contributed by atoms with Gasteiger partial charge < -0.3 is 19.2 Å². The summed E-state index contributed by atoms with van der Waals surface area (Å²) in [6, 6.07) is 16.9. The number of Topliss-reactive ketones (excluding diaryl/α,β-unsaturated/α-hetero) is 1. The molecular formula is C30H27N3O4S. The van der Waals surface area contributed by atoms with Crippen LogP contribution in [0.1, 0.15) is 47.1 Å². The molecule has 38 heavy (non-hydrogen) atoms. The molecule has 0 radical (unpaired) electrons. The van der Waals surface area contributed by atoms with Crippen LogP contribution in [0.4, 0.5) is 0 Å².